The Labute approximate surface area is 193 Å². The predicted octanol–water partition coefficient (Wildman–Crippen LogP) is 4.95. The number of nitrogens with zero attached hydrogens (tertiary/aromatic N) is 1. The van der Waals surface area contributed by atoms with Gasteiger partial charge in [-0.15, -0.1) is 0 Å². The van der Waals surface area contributed by atoms with Crippen molar-refractivity contribution in [3.05, 3.63) is 82.7 Å². The standard InChI is InChI=1S/C27H27NO5/c1-17-14-22(18(2)28(17)15-19-8-7-13-31-19)23(29)16-32-27(30)26-20-9-3-5-11-24(20)33-25-12-6-4-10-21(25)26/h3-6,9-12,14,19,26H,7-8,13,15-16H2,1-2H3/t19-/m1/s1. The Hall–Kier alpha value is -3.38. The van der Waals surface area contributed by atoms with Gasteiger partial charge in [-0.2, -0.15) is 0 Å². The number of hydrogen-bond donors (Lipinski definition) is 0. The summed E-state index contributed by atoms with van der Waals surface area (Å²) in [4.78, 5) is 26.2. The number of rotatable bonds is 6. The van der Waals surface area contributed by atoms with E-state index in [0.29, 0.717) is 17.1 Å². The Morgan fingerprint density at radius 2 is 1.70 bits per heavy atom. The molecule has 2 aromatic carbocycles. The van der Waals surface area contributed by atoms with Crippen LogP contribution >= 0.6 is 0 Å². The van der Waals surface area contributed by atoms with Crippen LogP contribution in [0.15, 0.2) is 54.6 Å². The molecule has 3 heterocycles. The molecule has 0 radical (unpaired) electrons. The number of carbonyl (C=O) groups is 2. The van der Waals surface area contributed by atoms with E-state index in [1.165, 1.54) is 0 Å². The van der Waals surface area contributed by atoms with E-state index >= 15 is 0 Å². The van der Waals surface area contributed by atoms with E-state index in [2.05, 4.69) is 4.57 Å². The molecule has 0 N–H and O–H groups in total. The van der Waals surface area contributed by atoms with Crippen molar-refractivity contribution in [1.29, 1.82) is 0 Å². The molecule has 0 saturated carbocycles. The first kappa shape index (κ1) is 21.5. The highest BCUT2D eigenvalue weighted by atomic mass is 16.5. The lowest BCUT2D eigenvalue weighted by Gasteiger charge is -2.26. The maximum atomic E-state index is 13.2. The van der Waals surface area contributed by atoms with Crippen molar-refractivity contribution >= 4 is 11.8 Å². The number of ketones is 1. The third-order valence-corrected chi connectivity index (χ3v) is 6.55. The molecule has 0 spiro atoms. The molecule has 0 aliphatic carbocycles. The predicted molar refractivity (Wildman–Crippen MR) is 123 cm³/mol. The van der Waals surface area contributed by atoms with Gasteiger partial charge in [-0.3, -0.25) is 9.59 Å². The number of hydrogen-bond acceptors (Lipinski definition) is 5. The molecule has 0 bridgehead atoms. The highest BCUT2D eigenvalue weighted by Crippen LogP contribution is 2.44. The highest BCUT2D eigenvalue weighted by molar-refractivity contribution is 5.99. The van der Waals surface area contributed by atoms with E-state index in [1.807, 2.05) is 68.4 Å². The Bertz CT molecular complexity index is 1160. The summed E-state index contributed by atoms with van der Waals surface area (Å²) in [7, 11) is 0. The van der Waals surface area contributed by atoms with Crippen LogP contribution in [0.2, 0.25) is 0 Å². The van der Waals surface area contributed by atoms with E-state index in [4.69, 9.17) is 14.2 Å². The molecule has 0 unspecified atom stereocenters. The van der Waals surface area contributed by atoms with Gasteiger partial charge in [0.05, 0.1) is 6.10 Å². The zero-order valence-electron chi connectivity index (χ0n) is 18.9. The zero-order valence-corrected chi connectivity index (χ0v) is 18.9. The van der Waals surface area contributed by atoms with Gasteiger partial charge in [-0.05, 0) is 44.9 Å². The largest absolute Gasteiger partial charge is 0.457 e. The van der Waals surface area contributed by atoms with E-state index in [0.717, 1.165) is 48.5 Å². The summed E-state index contributed by atoms with van der Waals surface area (Å²) < 4.78 is 19.4. The van der Waals surface area contributed by atoms with Crippen molar-refractivity contribution < 1.29 is 23.8 Å². The smallest absolute Gasteiger partial charge is 0.318 e. The Morgan fingerprint density at radius 3 is 2.33 bits per heavy atom. The number of aromatic nitrogens is 1. The first-order valence-corrected chi connectivity index (χ1v) is 11.4. The van der Waals surface area contributed by atoms with E-state index in [9.17, 15) is 9.59 Å². The molecule has 2 aliphatic heterocycles. The molecular formula is C27H27NO5. The van der Waals surface area contributed by atoms with Gasteiger partial charge in [0.15, 0.2) is 6.61 Å². The average Bonchev–Trinajstić information content (AvgIpc) is 3.44. The van der Waals surface area contributed by atoms with Crippen LogP contribution in [0.1, 0.15) is 51.6 Å². The summed E-state index contributed by atoms with van der Waals surface area (Å²) in [5.41, 5.74) is 3.95. The average molecular weight is 446 g/mol. The fourth-order valence-corrected chi connectivity index (χ4v) is 4.82. The third kappa shape index (κ3) is 4.07. The molecule has 1 atom stereocenters. The first-order valence-electron chi connectivity index (χ1n) is 11.4. The number of para-hydroxylation sites is 2. The molecule has 1 saturated heterocycles. The zero-order chi connectivity index (χ0) is 22.9. The van der Waals surface area contributed by atoms with Crippen molar-refractivity contribution in [2.24, 2.45) is 0 Å². The molecule has 2 aliphatic rings. The topological polar surface area (TPSA) is 66.8 Å². The molecule has 6 nitrogen and oxygen atoms in total. The Morgan fingerprint density at radius 1 is 1.03 bits per heavy atom. The van der Waals surface area contributed by atoms with Gasteiger partial charge in [0.1, 0.15) is 17.4 Å². The molecule has 33 heavy (non-hydrogen) atoms. The number of carbonyl (C=O) groups excluding carboxylic acids is 2. The van der Waals surface area contributed by atoms with Gasteiger partial charge >= 0.3 is 5.97 Å². The van der Waals surface area contributed by atoms with E-state index in [1.54, 1.807) is 0 Å². The van der Waals surface area contributed by atoms with Gasteiger partial charge in [0.25, 0.3) is 0 Å². The number of benzene rings is 2. The van der Waals surface area contributed by atoms with Crippen molar-refractivity contribution in [3.63, 3.8) is 0 Å². The van der Waals surface area contributed by atoms with Gasteiger partial charge in [-0.1, -0.05) is 36.4 Å². The Kier molecular flexibility index (Phi) is 5.77. The number of aryl methyl sites for hydroxylation is 1. The minimum atomic E-state index is -0.633. The molecule has 3 aromatic rings. The van der Waals surface area contributed by atoms with Crippen LogP contribution < -0.4 is 4.74 Å². The van der Waals surface area contributed by atoms with Crippen LogP contribution in [0.3, 0.4) is 0 Å². The van der Waals surface area contributed by atoms with Gasteiger partial charge < -0.3 is 18.8 Å². The molecule has 5 rings (SSSR count). The van der Waals surface area contributed by atoms with Crippen molar-refractivity contribution in [3.8, 4) is 11.5 Å². The minimum absolute atomic E-state index is 0.184. The van der Waals surface area contributed by atoms with Crippen LogP contribution in [0.25, 0.3) is 0 Å². The lowest BCUT2D eigenvalue weighted by molar-refractivity contribution is -0.143. The van der Waals surface area contributed by atoms with Crippen molar-refractivity contribution in [2.45, 2.75) is 45.3 Å². The summed E-state index contributed by atoms with van der Waals surface area (Å²) in [6, 6.07) is 16.7. The second-order valence-corrected chi connectivity index (χ2v) is 8.67. The van der Waals surface area contributed by atoms with E-state index < -0.39 is 11.9 Å². The Balaban J connectivity index is 1.33. The second kappa shape index (κ2) is 8.87. The maximum absolute atomic E-state index is 13.2. The fraction of sp³-hybridized carbons (Fsp3) is 0.333. The lowest BCUT2D eigenvalue weighted by Crippen LogP contribution is -2.24. The van der Waals surface area contributed by atoms with Crippen LogP contribution in [0, 0.1) is 13.8 Å². The molecule has 170 valence electrons. The summed E-state index contributed by atoms with van der Waals surface area (Å²) in [6.07, 6.45) is 2.29. The van der Waals surface area contributed by atoms with E-state index in [-0.39, 0.29) is 18.5 Å². The monoisotopic (exact) mass is 445 g/mol. The third-order valence-electron chi connectivity index (χ3n) is 6.55. The number of ether oxygens (including phenoxy) is 3. The quantitative estimate of drug-likeness (QED) is 0.397. The fourth-order valence-electron chi connectivity index (χ4n) is 4.82. The second-order valence-electron chi connectivity index (χ2n) is 8.67. The lowest BCUT2D eigenvalue weighted by atomic mass is 9.88. The molecule has 6 heteroatoms. The van der Waals surface area contributed by atoms with Gasteiger partial charge in [0.2, 0.25) is 5.78 Å². The summed E-state index contributed by atoms with van der Waals surface area (Å²) in [5, 5.41) is 0. The highest BCUT2D eigenvalue weighted by Gasteiger charge is 2.34. The normalized spacial score (nSPS) is 17.2. The number of fused-ring (bicyclic) bond motifs is 2. The SMILES string of the molecule is Cc1cc(C(=O)COC(=O)C2c3ccccc3Oc3ccccc32)c(C)n1C[C@H]1CCCO1. The summed E-state index contributed by atoms with van der Waals surface area (Å²) >= 11 is 0. The van der Waals surface area contributed by atoms with Crippen LogP contribution in [-0.2, 0) is 20.8 Å². The van der Waals surface area contributed by atoms with Gasteiger partial charge in [0, 0.05) is 41.2 Å². The summed E-state index contributed by atoms with van der Waals surface area (Å²) in [6.45, 7) is 5.15. The first-order chi connectivity index (χ1) is 16.0. The maximum Gasteiger partial charge on any atom is 0.318 e. The van der Waals surface area contributed by atoms with Crippen LogP contribution in [0.5, 0.6) is 11.5 Å². The molecular weight excluding hydrogens is 418 g/mol. The van der Waals surface area contributed by atoms with Crippen LogP contribution in [0.4, 0.5) is 0 Å². The van der Waals surface area contributed by atoms with Crippen molar-refractivity contribution in [1.82, 2.24) is 4.57 Å². The minimum Gasteiger partial charge on any atom is -0.457 e. The van der Waals surface area contributed by atoms with Crippen molar-refractivity contribution in [2.75, 3.05) is 13.2 Å². The number of esters is 1. The summed E-state index contributed by atoms with van der Waals surface area (Å²) in [5.74, 6) is -0.0430. The number of Topliss-reactive ketones (excluding diaryl/α,β-unsaturated/α-hetero) is 1. The molecule has 0 amide bonds. The molecule has 1 fully saturated rings. The van der Waals surface area contributed by atoms with Crippen LogP contribution in [-0.4, -0.2) is 35.6 Å². The van der Waals surface area contributed by atoms with Gasteiger partial charge in [-0.25, -0.2) is 0 Å². The molecule has 1 aromatic heterocycles.